The van der Waals surface area contributed by atoms with E-state index in [2.05, 4.69) is 0 Å². The van der Waals surface area contributed by atoms with Gasteiger partial charge in [-0.05, 0) is 6.92 Å². The molecule has 0 aliphatic heterocycles. The Bertz CT molecular complexity index is 376. The van der Waals surface area contributed by atoms with Crippen LogP contribution in [-0.4, -0.2) is 11.1 Å². The molecule has 0 amide bonds. The van der Waals surface area contributed by atoms with Crippen molar-refractivity contribution in [2.24, 2.45) is 0 Å². The topological polar surface area (TPSA) is 43.1 Å². The largest absolute Gasteiger partial charge is 0.395 e. The van der Waals surface area contributed by atoms with Crippen LogP contribution in [0.4, 0.5) is 18.9 Å². The minimum absolute atomic E-state index is 0.310. The number of nitro groups is 1. The minimum Gasteiger partial charge on any atom is -0.258 e. The van der Waals surface area contributed by atoms with Crippen LogP contribution >= 0.6 is 0 Å². The first-order valence-corrected chi connectivity index (χ1v) is 4.14. The first-order chi connectivity index (χ1) is 6.84. The molecule has 0 aliphatic rings. The molecule has 0 fully saturated rings. The number of hydrogen-bond acceptors (Lipinski definition) is 2. The second-order valence-corrected chi connectivity index (χ2v) is 3.08. The van der Waals surface area contributed by atoms with E-state index in [9.17, 15) is 23.3 Å². The second-order valence-electron chi connectivity index (χ2n) is 3.08. The SMILES string of the molecule is CC(c1ccccc1[N+](=O)[O-])C(F)(F)F. The Balaban J connectivity index is 3.19. The average molecular weight is 219 g/mol. The van der Waals surface area contributed by atoms with E-state index < -0.39 is 22.7 Å². The van der Waals surface area contributed by atoms with Gasteiger partial charge in [0.15, 0.2) is 0 Å². The monoisotopic (exact) mass is 219 g/mol. The lowest BCUT2D eigenvalue weighted by molar-refractivity contribution is -0.386. The maximum atomic E-state index is 12.4. The molecule has 1 aromatic rings. The molecule has 3 nitrogen and oxygen atoms in total. The van der Waals surface area contributed by atoms with E-state index >= 15 is 0 Å². The van der Waals surface area contributed by atoms with Gasteiger partial charge in [0.2, 0.25) is 0 Å². The van der Waals surface area contributed by atoms with Crippen molar-refractivity contribution < 1.29 is 18.1 Å². The summed E-state index contributed by atoms with van der Waals surface area (Å²) >= 11 is 0. The van der Waals surface area contributed by atoms with E-state index in [4.69, 9.17) is 0 Å². The van der Waals surface area contributed by atoms with Gasteiger partial charge in [-0.25, -0.2) is 0 Å². The Labute approximate surface area is 83.7 Å². The zero-order valence-corrected chi connectivity index (χ0v) is 7.78. The van der Waals surface area contributed by atoms with Crippen LogP contribution in [0.25, 0.3) is 0 Å². The molecule has 0 saturated carbocycles. The molecule has 6 heteroatoms. The third-order valence-electron chi connectivity index (χ3n) is 2.09. The van der Waals surface area contributed by atoms with E-state index in [0.717, 1.165) is 19.1 Å². The summed E-state index contributed by atoms with van der Waals surface area (Å²) in [5, 5.41) is 10.5. The molecule has 0 aliphatic carbocycles. The molecule has 0 saturated heterocycles. The van der Waals surface area contributed by atoms with Crippen molar-refractivity contribution >= 4 is 5.69 Å². The minimum atomic E-state index is -4.47. The van der Waals surface area contributed by atoms with Gasteiger partial charge in [-0.1, -0.05) is 18.2 Å². The highest BCUT2D eigenvalue weighted by Gasteiger charge is 2.40. The Morgan fingerprint density at radius 2 is 1.87 bits per heavy atom. The first kappa shape index (κ1) is 11.5. The molecule has 15 heavy (non-hydrogen) atoms. The molecule has 0 aromatic heterocycles. The van der Waals surface area contributed by atoms with Crippen LogP contribution in [0, 0.1) is 10.1 Å². The summed E-state index contributed by atoms with van der Waals surface area (Å²) in [7, 11) is 0. The van der Waals surface area contributed by atoms with Crippen molar-refractivity contribution in [1.82, 2.24) is 0 Å². The molecule has 1 aromatic carbocycles. The van der Waals surface area contributed by atoms with Gasteiger partial charge in [-0.2, -0.15) is 13.2 Å². The molecule has 1 atom stereocenters. The van der Waals surface area contributed by atoms with E-state index in [1.807, 2.05) is 0 Å². The Morgan fingerprint density at radius 3 is 2.33 bits per heavy atom. The van der Waals surface area contributed by atoms with Crippen molar-refractivity contribution in [2.75, 3.05) is 0 Å². The predicted molar refractivity (Wildman–Crippen MR) is 47.6 cm³/mol. The van der Waals surface area contributed by atoms with Crippen LogP contribution in [0.3, 0.4) is 0 Å². The Morgan fingerprint density at radius 1 is 1.33 bits per heavy atom. The van der Waals surface area contributed by atoms with Gasteiger partial charge in [0.05, 0.1) is 10.8 Å². The molecule has 0 N–H and O–H groups in total. The summed E-state index contributed by atoms with van der Waals surface area (Å²) in [6.45, 7) is 0.905. The molecule has 1 rings (SSSR count). The summed E-state index contributed by atoms with van der Waals surface area (Å²) in [5.74, 6) is -1.83. The quantitative estimate of drug-likeness (QED) is 0.566. The summed E-state index contributed by atoms with van der Waals surface area (Å²) in [4.78, 5) is 9.68. The van der Waals surface area contributed by atoms with Gasteiger partial charge in [0.25, 0.3) is 5.69 Å². The van der Waals surface area contributed by atoms with E-state index in [1.165, 1.54) is 12.1 Å². The molecule has 1 unspecified atom stereocenters. The fourth-order valence-electron chi connectivity index (χ4n) is 1.20. The predicted octanol–water partition coefficient (Wildman–Crippen LogP) is 3.26. The molecule has 0 spiro atoms. The Hall–Kier alpha value is -1.59. The number of alkyl halides is 3. The summed E-state index contributed by atoms with van der Waals surface area (Å²) in [6, 6.07) is 4.88. The standard InChI is InChI=1S/C9H8F3NO2/c1-6(9(10,11)12)7-4-2-3-5-8(7)13(14)15/h2-6H,1H3. The smallest absolute Gasteiger partial charge is 0.258 e. The zero-order valence-electron chi connectivity index (χ0n) is 7.78. The number of hydrogen-bond donors (Lipinski definition) is 0. The normalized spacial score (nSPS) is 13.6. The third kappa shape index (κ3) is 2.45. The van der Waals surface area contributed by atoms with Crippen molar-refractivity contribution in [3.05, 3.63) is 39.9 Å². The number of nitro benzene ring substituents is 1. The van der Waals surface area contributed by atoms with Crippen LogP contribution < -0.4 is 0 Å². The second kappa shape index (κ2) is 3.88. The van der Waals surface area contributed by atoms with Crippen LogP contribution in [0.5, 0.6) is 0 Å². The third-order valence-corrected chi connectivity index (χ3v) is 2.09. The lowest BCUT2D eigenvalue weighted by Gasteiger charge is -2.15. The van der Waals surface area contributed by atoms with Gasteiger partial charge in [0, 0.05) is 11.6 Å². The molecule has 82 valence electrons. The van der Waals surface area contributed by atoms with Gasteiger partial charge >= 0.3 is 6.18 Å². The highest BCUT2D eigenvalue weighted by atomic mass is 19.4. The average Bonchev–Trinajstić information content (AvgIpc) is 2.15. The molecule has 0 bridgehead atoms. The van der Waals surface area contributed by atoms with Crippen molar-refractivity contribution in [3.63, 3.8) is 0 Å². The highest BCUT2D eigenvalue weighted by Crippen LogP contribution is 2.38. The molecule has 0 radical (unpaired) electrons. The molecular formula is C9H8F3NO2. The van der Waals surface area contributed by atoms with Gasteiger partial charge in [-0.3, -0.25) is 10.1 Å². The van der Waals surface area contributed by atoms with Crippen LogP contribution in [0.1, 0.15) is 18.4 Å². The lowest BCUT2D eigenvalue weighted by Crippen LogP contribution is -2.18. The van der Waals surface area contributed by atoms with Crippen LogP contribution in [0.2, 0.25) is 0 Å². The number of nitrogens with zero attached hydrogens (tertiary/aromatic N) is 1. The van der Waals surface area contributed by atoms with E-state index in [-0.39, 0.29) is 5.56 Å². The van der Waals surface area contributed by atoms with Gasteiger partial charge in [0.1, 0.15) is 0 Å². The van der Waals surface area contributed by atoms with Crippen LogP contribution in [-0.2, 0) is 0 Å². The Kier molecular flexibility index (Phi) is 2.97. The molecule has 0 heterocycles. The molecular weight excluding hydrogens is 211 g/mol. The van der Waals surface area contributed by atoms with Gasteiger partial charge < -0.3 is 0 Å². The first-order valence-electron chi connectivity index (χ1n) is 4.14. The zero-order chi connectivity index (χ0) is 11.6. The van der Waals surface area contributed by atoms with Crippen molar-refractivity contribution in [2.45, 2.75) is 19.0 Å². The number of rotatable bonds is 2. The highest BCUT2D eigenvalue weighted by molar-refractivity contribution is 5.42. The number of benzene rings is 1. The number of para-hydroxylation sites is 1. The summed E-state index contributed by atoms with van der Waals surface area (Å²) in [5.41, 5.74) is -0.808. The van der Waals surface area contributed by atoms with Crippen molar-refractivity contribution in [1.29, 1.82) is 0 Å². The van der Waals surface area contributed by atoms with Gasteiger partial charge in [-0.15, -0.1) is 0 Å². The maximum absolute atomic E-state index is 12.4. The van der Waals surface area contributed by atoms with E-state index in [1.54, 1.807) is 0 Å². The fraction of sp³-hybridized carbons (Fsp3) is 0.333. The number of halogens is 3. The lowest BCUT2D eigenvalue weighted by atomic mass is 9.99. The van der Waals surface area contributed by atoms with E-state index in [0.29, 0.717) is 0 Å². The van der Waals surface area contributed by atoms with Crippen molar-refractivity contribution in [3.8, 4) is 0 Å². The van der Waals surface area contributed by atoms with Crippen LogP contribution in [0.15, 0.2) is 24.3 Å². The summed E-state index contributed by atoms with van der Waals surface area (Å²) in [6.07, 6.45) is -4.47. The fourth-order valence-corrected chi connectivity index (χ4v) is 1.20. The summed E-state index contributed by atoms with van der Waals surface area (Å²) < 4.78 is 37.1. The maximum Gasteiger partial charge on any atom is 0.395 e.